The monoisotopic (exact) mass is 318 g/mol. The number of hydrogen-bond acceptors (Lipinski definition) is 3. The Bertz CT molecular complexity index is 525. The van der Waals surface area contributed by atoms with E-state index in [1.54, 1.807) is 0 Å². The van der Waals surface area contributed by atoms with Gasteiger partial charge in [-0.15, -0.1) is 11.8 Å². The second-order valence-electron chi connectivity index (χ2n) is 5.15. The molecule has 7 heteroatoms. The number of halogens is 3. The molecule has 2 rings (SSSR count). The molecule has 3 nitrogen and oxygen atoms in total. The second-order valence-corrected chi connectivity index (χ2v) is 6.25. The quantitative estimate of drug-likeness (QED) is 0.289. The molecule has 0 radical (unpaired) electrons. The van der Waals surface area contributed by atoms with Crippen LogP contribution >= 0.6 is 11.8 Å². The van der Waals surface area contributed by atoms with Crippen LogP contribution < -0.4 is 5.73 Å². The minimum absolute atomic E-state index is 0.276. The van der Waals surface area contributed by atoms with Crippen molar-refractivity contribution in [2.45, 2.75) is 36.8 Å². The van der Waals surface area contributed by atoms with Crippen LogP contribution in [0.4, 0.5) is 13.2 Å². The van der Waals surface area contributed by atoms with E-state index >= 15 is 0 Å². The molecule has 0 amide bonds. The Morgan fingerprint density at radius 1 is 1.33 bits per heavy atom. The molecule has 1 aromatic rings. The van der Waals surface area contributed by atoms with Gasteiger partial charge in [0.05, 0.1) is 5.56 Å². The van der Waals surface area contributed by atoms with Gasteiger partial charge in [0, 0.05) is 16.2 Å². The van der Waals surface area contributed by atoms with Gasteiger partial charge in [0.25, 0.3) is 0 Å². The molecule has 21 heavy (non-hydrogen) atoms. The molecule has 1 aliphatic carbocycles. The van der Waals surface area contributed by atoms with Crippen molar-refractivity contribution in [3.63, 3.8) is 0 Å². The van der Waals surface area contributed by atoms with Crippen LogP contribution in [0.5, 0.6) is 0 Å². The maximum atomic E-state index is 12.9. The Kier molecular flexibility index (Phi) is 5.03. The molecule has 0 spiro atoms. The lowest BCUT2D eigenvalue weighted by Gasteiger charge is -2.14. The average Bonchev–Trinajstić information content (AvgIpc) is 2.96. The van der Waals surface area contributed by atoms with Crippen LogP contribution in [0.2, 0.25) is 0 Å². The van der Waals surface area contributed by atoms with E-state index in [1.807, 2.05) is 0 Å². The average molecular weight is 318 g/mol. The zero-order chi connectivity index (χ0) is 15.5. The smallest absolute Gasteiger partial charge is 0.409 e. The highest BCUT2D eigenvalue weighted by atomic mass is 32.2. The van der Waals surface area contributed by atoms with Gasteiger partial charge in [0.1, 0.15) is 0 Å². The molecule has 0 aliphatic heterocycles. The SMILES string of the molecule is N/C(=N/O)c1cc(SCC2CCCC2)ccc1C(F)(F)F. The highest BCUT2D eigenvalue weighted by molar-refractivity contribution is 7.99. The maximum Gasteiger partial charge on any atom is 0.417 e. The van der Waals surface area contributed by atoms with Gasteiger partial charge in [-0.05, 0) is 37.0 Å². The van der Waals surface area contributed by atoms with Crippen LogP contribution in [0, 0.1) is 5.92 Å². The molecular weight excluding hydrogens is 301 g/mol. The molecule has 0 aromatic heterocycles. The van der Waals surface area contributed by atoms with E-state index < -0.39 is 17.6 Å². The van der Waals surface area contributed by atoms with Crippen molar-refractivity contribution in [2.24, 2.45) is 16.8 Å². The van der Waals surface area contributed by atoms with E-state index in [4.69, 9.17) is 10.9 Å². The van der Waals surface area contributed by atoms with Crippen LogP contribution in [0.3, 0.4) is 0 Å². The highest BCUT2D eigenvalue weighted by Crippen LogP contribution is 2.36. The summed E-state index contributed by atoms with van der Waals surface area (Å²) in [6.45, 7) is 0. The molecule has 1 saturated carbocycles. The summed E-state index contributed by atoms with van der Waals surface area (Å²) in [5.41, 5.74) is 4.21. The molecule has 0 bridgehead atoms. The van der Waals surface area contributed by atoms with Gasteiger partial charge in [-0.25, -0.2) is 0 Å². The third kappa shape index (κ3) is 4.06. The molecule has 0 atom stereocenters. The van der Waals surface area contributed by atoms with Gasteiger partial charge in [-0.3, -0.25) is 0 Å². The third-order valence-corrected chi connectivity index (χ3v) is 4.87. The lowest BCUT2D eigenvalue weighted by atomic mass is 10.1. The molecule has 0 unspecified atom stereocenters. The number of thioether (sulfide) groups is 1. The van der Waals surface area contributed by atoms with Gasteiger partial charge in [-0.1, -0.05) is 18.0 Å². The first-order chi connectivity index (χ1) is 9.91. The number of alkyl halides is 3. The zero-order valence-electron chi connectivity index (χ0n) is 11.4. The lowest BCUT2D eigenvalue weighted by Crippen LogP contribution is -2.20. The molecule has 1 aromatic carbocycles. The van der Waals surface area contributed by atoms with Crippen molar-refractivity contribution in [3.05, 3.63) is 29.3 Å². The van der Waals surface area contributed by atoms with Crippen LogP contribution in [0.1, 0.15) is 36.8 Å². The van der Waals surface area contributed by atoms with Crippen molar-refractivity contribution in [2.75, 3.05) is 5.75 Å². The van der Waals surface area contributed by atoms with Crippen LogP contribution in [-0.2, 0) is 6.18 Å². The molecular formula is C14H17F3N2OS. The van der Waals surface area contributed by atoms with Gasteiger partial charge in [-0.2, -0.15) is 13.2 Å². The summed E-state index contributed by atoms with van der Waals surface area (Å²) in [4.78, 5) is 0.705. The number of oxime groups is 1. The van der Waals surface area contributed by atoms with Crippen LogP contribution in [0.25, 0.3) is 0 Å². The minimum atomic E-state index is -4.53. The second kappa shape index (κ2) is 6.60. The zero-order valence-corrected chi connectivity index (χ0v) is 12.2. The van der Waals surface area contributed by atoms with Crippen molar-refractivity contribution < 1.29 is 18.4 Å². The first-order valence-corrected chi connectivity index (χ1v) is 7.72. The predicted octanol–water partition coefficient (Wildman–Crippen LogP) is 4.08. The first-order valence-electron chi connectivity index (χ1n) is 6.73. The fourth-order valence-corrected chi connectivity index (χ4v) is 3.64. The standard InChI is InChI=1S/C14H17F3N2OS/c15-14(16,17)12-6-5-10(7-11(12)13(18)19-20)21-8-9-3-1-2-4-9/h5-7,9,20H,1-4,8H2,(H2,18,19). The van der Waals surface area contributed by atoms with Gasteiger partial charge >= 0.3 is 6.18 Å². The van der Waals surface area contributed by atoms with E-state index in [2.05, 4.69) is 5.16 Å². The minimum Gasteiger partial charge on any atom is -0.409 e. The van der Waals surface area contributed by atoms with E-state index in [0.717, 1.165) is 11.8 Å². The number of nitrogens with two attached hydrogens (primary N) is 1. The van der Waals surface area contributed by atoms with E-state index in [0.29, 0.717) is 10.8 Å². The molecule has 0 heterocycles. The predicted molar refractivity (Wildman–Crippen MR) is 76.6 cm³/mol. The van der Waals surface area contributed by atoms with Crippen molar-refractivity contribution in [1.29, 1.82) is 0 Å². The first kappa shape index (κ1) is 16.0. The maximum absolute atomic E-state index is 12.9. The Balaban J connectivity index is 2.20. The van der Waals surface area contributed by atoms with Gasteiger partial charge in [0.15, 0.2) is 5.84 Å². The van der Waals surface area contributed by atoms with Crippen molar-refractivity contribution in [1.82, 2.24) is 0 Å². The topological polar surface area (TPSA) is 58.6 Å². The van der Waals surface area contributed by atoms with Gasteiger partial charge in [0.2, 0.25) is 0 Å². The summed E-state index contributed by atoms with van der Waals surface area (Å²) >= 11 is 1.52. The van der Waals surface area contributed by atoms with Crippen molar-refractivity contribution >= 4 is 17.6 Å². The van der Waals surface area contributed by atoms with Crippen molar-refractivity contribution in [3.8, 4) is 0 Å². The number of rotatable bonds is 4. The Labute approximate surface area is 125 Å². The molecule has 116 valence electrons. The number of benzene rings is 1. The summed E-state index contributed by atoms with van der Waals surface area (Å²) in [6, 6.07) is 3.78. The van der Waals surface area contributed by atoms with Gasteiger partial charge < -0.3 is 10.9 Å². The van der Waals surface area contributed by atoms with E-state index in [9.17, 15) is 13.2 Å². The molecule has 1 aliphatic rings. The lowest BCUT2D eigenvalue weighted by molar-refractivity contribution is -0.137. The third-order valence-electron chi connectivity index (χ3n) is 3.64. The molecule has 1 fully saturated rings. The normalized spacial score (nSPS) is 17.4. The summed E-state index contributed by atoms with van der Waals surface area (Å²) in [7, 11) is 0. The Morgan fingerprint density at radius 3 is 2.57 bits per heavy atom. The number of nitrogens with zero attached hydrogens (tertiary/aromatic N) is 1. The van der Waals surface area contributed by atoms with Crippen LogP contribution in [-0.4, -0.2) is 16.8 Å². The highest BCUT2D eigenvalue weighted by Gasteiger charge is 2.34. The van der Waals surface area contributed by atoms with Crippen LogP contribution in [0.15, 0.2) is 28.3 Å². The Morgan fingerprint density at radius 2 is 2.00 bits per heavy atom. The molecule has 3 N–H and O–H groups in total. The summed E-state index contributed by atoms with van der Waals surface area (Å²) in [5, 5.41) is 11.4. The summed E-state index contributed by atoms with van der Waals surface area (Å²) in [5.74, 6) is 0.997. The van der Waals surface area contributed by atoms with E-state index in [1.165, 1.54) is 49.6 Å². The summed E-state index contributed by atoms with van der Waals surface area (Å²) in [6.07, 6.45) is 0.294. The molecule has 0 saturated heterocycles. The number of amidine groups is 1. The summed E-state index contributed by atoms with van der Waals surface area (Å²) < 4.78 is 38.7. The Hall–Kier alpha value is -1.37. The fraction of sp³-hybridized carbons (Fsp3) is 0.500. The largest absolute Gasteiger partial charge is 0.417 e. The fourth-order valence-electron chi connectivity index (χ4n) is 2.52. The number of hydrogen-bond donors (Lipinski definition) is 2. The van der Waals surface area contributed by atoms with E-state index in [-0.39, 0.29) is 5.56 Å².